The van der Waals surface area contributed by atoms with Gasteiger partial charge in [-0.1, -0.05) is 24.3 Å². The smallest absolute Gasteiger partial charge is 0.337 e. The highest BCUT2D eigenvalue weighted by atomic mass is 16.5. The third kappa shape index (κ3) is 4.76. The number of aromatic nitrogens is 2. The molecule has 0 atom stereocenters. The van der Waals surface area contributed by atoms with Crippen molar-refractivity contribution in [3.05, 3.63) is 77.6 Å². The number of nitrogens with zero attached hydrogens (tertiary/aromatic N) is 3. The van der Waals surface area contributed by atoms with Crippen LogP contribution in [0.15, 0.2) is 60.7 Å². The summed E-state index contributed by atoms with van der Waals surface area (Å²) in [6.07, 6.45) is 0. The van der Waals surface area contributed by atoms with Crippen LogP contribution in [-0.2, 0) is 4.74 Å². The minimum Gasteiger partial charge on any atom is -0.465 e. The van der Waals surface area contributed by atoms with Crippen LogP contribution < -0.4 is 10.2 Å². The lowest BCUT2D eigenvalue weighted by atomic mass is 10.2. The molecule has 0 fully saturated rings. The second kappa shape index (κ2) is 8.97. The van der Waals surface area contributed by atoms with E-state index < -0.39 is 5.97 Å². The minimum absolute atomic E-state index is 0.212. The van der Waals surface area contributed by atoms with Gasteiger partial charge in [-0.3, -0.25) is 4.79 Å². The number of methoxy groups -OCH3 is 1. The Hall–Kier alpha value is -3.74. The molecule has 0 radical (unpaired) electrons. The Kier molecular flexibility index (Phi) is 6.19. The number of hydrogen-bond acceptors (Lipinski definition) is 6. The van der Waals surface area contributed by atoms with Gasteiger partial charge in [-0.25, -0.2) is 14.8 Å². The van der Waals surface area contributed by atoms with Gasteiger partial charge in [0, 0.05) is 23.6 Å². The van der Waals surface area contributed by atoms with Gasteiger partial charge in [-0.15, -0.1) is 0 Å². The third-order valence-electron chi connectivity index (χ3n) is 4.24. The first-order valence-corrected chi connectivity index (χ1v) is 9.19. The van der Waals surface area contributed by atoms with Crippen LogP contribution in [0, 0.1) is 6.92 Å². The van der Waals surface area contributed by atoms with Gasteiger partial charge >= 0.3 is 5.97 Å². The van der Waals surface area contributed by atoms with E-state index in [4.69, 9.17) is 4.74 Å². The second-order valence-corrected chi connectivity index (χ2v) is 6.30. The maximum absolute atomic E-state index is 13.1. The topological polar surface area (TPSA) is 84.4 Å². The second-order valence-electron chi connectivity index (χ2n) is 6.30. The number of carbonyl (C=O) groups excluding carboxylic acids is 2. The molecule has 0 aliphatic heterocycles. The van der Waals surface area contributed by atoms with Gasteiger partial charge in [0.05, 0.1) is 12.7 Å². The van der Waals surface area contributed by atoms with Gasteiger partial charge in [0.15, 0.2) is 0 Å². The molecular weight excluding hydrogens is 368 g/mol. The molecule has 1 N–H and O–H groups in total. The zero-order chi connectivity index (χ0) is 20.8. The summed E-state index contributed by atoms with van der Waals surface area (Å²) >= 11 is 0. The highest BCUT2D eigenvalue weighted by molar-refractivity contribution is 6.05. The number of carbonyl (C=O) groups is 2. The predicted octanol–water partition coefficient (Wildman–Crippen LogP) is 3.98. The molecule has 29 heavy (non-hydrogen) atoms. The normalized spacial score (nSPS) is 10.3. The van der Waals surface area contributed by atoms with Crippen LogP contribution in [0.2, 0.25) is 0 Å². The average Bonchev–Trinajstić information content (AvgIpc) is 2.74. The van der Waals surface area contributed by atoms with Crippen molar-refractivity contribution in [2.75, 3.05) is 23.9 Å². The number of hydrogen-bond donors (Lipinski definition) is 1. The van der Waals surface area contributed by atoms with Crippen molar-refractivity contribution in [2.45, 2.75) is 13.8 Å². The summed E-state index contributed by atoms with van der Waals surface area (Å²) in [5.41, 5.74) is 2.76. The van der Waals surface area contributed by atoms with Crippen LogP contribution in [0.3, 0.4) is 0 Å². The predicted molar refractivity (Wildman–Crippen MR) is 112 cm³/mol. The highest BCUT2D eigenvalue weighted by Crippen LogP contribution is 2.19. The van der Waals surface area contributed by atoms with Crippen molar-refractivity contribution < 1.29 is 14.3 Å². The maximum atomic E-state index is 13.1. The fraction of sp³-hybridized carbons (Fsp3) is 0.182. The molecule has 0 saturated heterocycles. The van der Waals surface area contributed by atoms with Crippen molar-refractivity contribution in [1.82, 2.24) is 9.97 Å². The fourth-order valence-corrected chi connectivity index (χ4v) is 2.89. The quantitative estimate of drug-likeness (QED) is 0.641. The van der Waals surface area contributed by atoms with E-state index in [0.717, 1.165) is 5.69 Å². The molecule has 1 heterocycles. The number of nitrogens with one attached hydrogen (secondary N) is 1. The number of benzene rings is 2. The molecule has 1 amide bonds. The van der Waals surface area contributed by atoms with Crippen molar-refractivity contribution >= 4 is 29.2 Å². The lowest BCUT2D eigenvalue weighted by Gasteiger charge is -2.21. The number of anilines is 3. The number of rotatable bonds is 6. The van der Waals surface area contributed by atoms with Gasteiger partial charge in [-0.2, -0.15) is 0 Å². The number of ether oxygens (including phenoxy) is 1. The van der Waals surface area contributed by atoms with Gasteiger partial charge in [-0.05, 0) is 50.2 Å². The maximum Gasteiger partial charge on any atom is 0.337 e. The third-order valence-corrected chi connectivity index (χ3v) is 4.24. The molecule has 0 unspecified atom stereocenters. The molecule has 3 rings (SSSR count). The zero-order valence-corrected chi connectivity index (χ0v) is 16.5. The molecule has 148 valence electrons. The lowest BCUT2D eigenvalue weighted by molar-refractivity contribution is 0.0600. The summed E-state index contributed by atoms with van der Waals surface area (Å²) in [5.74, 6) is -0.369. The van der Waals surface area contributed by atoms with Crippen molar-refractivity contribution in [1.29, 1.82) is 0 Å². The molecule has 7 nitrogen and oxygen atoms in total. The van der Waals surface area contributed by atoms with E-state index in [1.165, 1.54) is 7.11 Å². The zero-order valence-electron chi connectivity index (χ0n) is 16.5. The Morgan fingerprint density at radius 3 is 2.48 bits per heavy atom. The van der Waals surface area contributed by atoms with Gasteiger partial charge in [0.2, 0.25) is 5.95 Å². The minimum atomic E-state index is -0.434. The van der Waals surface area contributed by atoms with E-state index in [1.54, 1.807) is 42.2 Å². The largest absolute Gasteiger partial charge is 0.465 e. The first-order chi connectivity index (χ1) is 14.0. The van der Waals surface area contributed by atoms with E-state index in [1.807, 2.05) is 37.3 Å². The molecule has 0 spiro atoms. The standard InChI is InChI=1S/C22H22N4O3/c1-4-26(18-11-6-5-7-12-18)20(27)19-13-15(2)23-22(25-19)24-17-10-8-9-16(14-17)21(28)29-3/h5-14H,4H2,1-3H3,(H,23,24,25). The number of para-hydroxylation sites is 1. The van der Waals surface area contributed by atoms with Crippen LogP contribution in [0.1, 0.15) is 33.5 Å². The Bertz CT molecular complexity index is 1020. The molecule has 3 aromatic rings. The first kappa shape index (κ1) is 20.0. The van der Waals surface area contributed by atoms with Crippen LogP contribution in [0.4, 0.5) is 17.3 Å². The summed E-state index contributed by atoms with van der Waals surface area (Å²) in [6.45, 7) is 4.22. The van der Waals surface area contributed by atoms with Gasteiger partial charge < -0.3 is 15.0 Å². The molecule has 1 aromatic heterocycles. The lowest BCUT2D eigenvalue weighted by Crippen LogP contribution is -2.31. The Morgan fingerprint density at radius 2 is 1.79 bits per heavy atom. The number of esters is 1. The molecule has 2 aromatic carbocycles. The Morgan fingerprint density at radius 1 is 1.03 bits per heavy atom. The summed E-state index contributed by atoms with van der Waals surface area (Å²) in [4.78, 5) is 35.2. The van der Waals surface area contributed by atoms with E-state index in [-0.39, 0.29) is 17.5 Å². The molecule has 0 aliphatic rings. The van der Waals surface area contributed by atoms with Crippen molar-refractivity contribution in [3.63, 3.8) is 0 Å². The van der Waals surface area contributed by atoms with Crippen LogP contribution >= 0.6 is 0 Å². The highest BCUT2D eigenvalue weighted by Gasteiger charge is 2.19. The first-order valence-electron chi connectivity index (χ1n) is 9.19. The van der Waals surface area contributed by atoms with Crippen LogP contribution in [-0.4, -0.2) is 35.5 Å². The Balaban J connectivity index is 1.88. The average molecular weight is 390 g/mol. The van der Waals surface area contributed by atoms with Crippen molar-refractivity contribution in [2.24, 2.45) is 0 Å². The SMILES string of the molecule is CCN(C(=O)c1cc(C)nc(Nc2cccc(C(=O)OC)c2)n1)c1ccccc1. The summed E-state index contributed by atoms with van der Waals surface area (Å²) < 4.78 is 4.74. The van der Waals surface area contributed by atoms with E-state index >= 15 is 0 Å². The number of amides is 1. The molecule has 7 heteroatoms. The van der Waals surface area contributed by atoms with E-state index in [0.29, 0.717) is 23.5 Å². The number of aryl methyl sites for hydroxylation is 1. The van der Waals surface area contributed by atoms with Crippen LogP contribution in [0.5, 0.6) is 0 Å². The molecule has 0 saturated carbocycles. The van der Waals surface area contributed by atoms with E-state index in [9.17, 15) is 9.59 Å². The van der Waals surface area contributed by atoms with Crippen molar-refractivity contribution in [3.8, 4) is 0 Å². The fourth-order valence-electron chi connectivity index (χ4n) is 2.89. The molecular formula is C22H22N4O3. The van der Waals surface area contributed by atoms with Gasteiger partial charge in [0.25, 0.3) is 5.91 Å². The summed E-state index contributed by atoms with van der Waals surface area (Å²) in [5, 5.41) is 3.06. The molecule has 0 bridgehead atoms. The van der Waals surface area contributed by atoms with Crippen LogP contribution in [0.25, 0.3) is 0 Å². The van der Waals surface area contributed by atoms with Gasteiger partial charge in [0.1, 0.15) is 5.69 Å². The monoisotopic (exact) mass is 390 g/mol. The van der Waals surface area contributed by atoms with E-state index in [2.05, 4.69) is 15.3 Å². The summed E-state index contributed by atoms with van der Waals surface area (Å²) in [6, 6.07) is 17.9. The summed E-state index contributed by atoms with van der Waals surface area (Å²) in [7, 11) is 1.33. The Labute approximate surface area is 169 Å². The molecule has 0 aliphatic carbocycles.